The minimum Gasteiger partial charge on any atom is -0.497 e. The molecule has 5 heteroatoms. The number of ether oxygens (including phenoxy) is 1. The molecule has 1 amide bonds. The summed E-state index contributed by atoms with van der Waals surface area (Å²) in [4.78, 5) is 17.2. The van der Waals surface area contributed by atoms with Gasteiger partial charge in [-0.15, -0.1) is 0 Å². The summed E-state index contributed by atoms with van der Waals surface area (Å²) in [6, 6.07) is 11.0. The molecule has 1 aromatic heterocycles. The van der Waals surface area contributed by atoms with Gasteiger partial charge in [0, 0.05) is 12.7 Å². The molecule has 3 rings (SSSR count). The Morgan fingerprint density at radius 3 is 2.95 bits per heavy atom. The van der Waals surface area contributed by atoms with E-state index >= 15 is 0 Å². The SMILES string of the molecule is COc1cccc(C2CC(O)CN2C(=O)c2ccc[nH]2)c1. The Morgan fingerprint density at radius 1 is 1.38 bits per heavy atom. The maximum atomic E-state index is 12.5. The number of benzene rings is 1. The van der Waals surface area contributed by atoms with E-state index in [4.69, 9.17) is 4.74 Å². The van der Waals surface area contributed by atoms with E-state index in [1.807, 2.05) is 24.3 Å². The minimum atomic E-state index is -0.500. The highest BCUT2D eigenvalue weighted by Crippen LogP contribution is 2.34. The number of carbonyl (C=O) groups excluding carboxylic acids is 1. The van der Waals surface area contributed by atoms with E-state index in [2.05, 4.69) is 4.98 Å². The molecule has 1 fully saturated rings. The van der Waals surface area contributed by atoms with Crippen LogP contribution in [-0.4, -0.2) is 40.7 Å². The van der Waals surface area contributed by atoms with Crippen LogP contribution in [0.4, 0.5) is 0 Å². The first-order valence-corrected chi connectivity index (χ1v) is 6.95. The number of methoxy groups -OCH3 is 1. The lowest BCUT2D eigenvalue weighted by Crippen LogP contribution is -2.32. The van der Waals surface area contributed by atoms with Crippen LogP contribution in [0.3, 0.4) is 0 Å². The molecule has 2 N–H and O–H groups in total. The van der Waals surface area contributed by atoms with E-state index in [0.717, 1.165) is 11.3 Å². The van der Waals surface area contributed by atoms with E-state index in [1.54, 1.807) is 30.3 Å². The Morgan fingerprint density at radius 2 is 2.24 bits per heavy atom. The molecule has 1 aliphatic rings. The van der Waals surface area contributed by atoms with Crippen LogP contribution in [0.15, 0.2) is 42.6 Å². The van der Waals surface area contributed by atoms with Crippen molar-refractivity contribution in [2.45, 2.75) is 18.6 Å². The number of likely N-dealkylation sites (tertiary alicyclic amines) is 1. The van der Waals surface area contributed by atoms with Gasteiger partial charge in [0.15, 0.2) is 0 Å². The largest absolute Gasteiger partial charge is 0.497 e. The lowest BCUT2D eigenvalue weighted by atomic mass is 10.0. The molecule has 0 radical (unpaired) electrons. The molecule has 5 nitrogen and oxygen atoms in total. The average Bonchev–Trinajstić information content (AvgIpc) is 3.16. The van der Waals surface area contributed by atoms with Crippen LogP contribution < -0.4 is 4.74 Å². The van der Waals surface area contributed by atoms with Crippen molar-refractivity contribution in [2.75, 3.05) is 13.7 Å². The molecule has 1 aliphatic heterocycles. The van der Waals surface area contributed by atoms with Crippen LogP contribution in [0.2, 0.25) is 0 Å². The number of aliphatic hydroxyl groups excluding tert-OH is 1. The molecule has 1 aromatic carbocycles. The van der Waals surface area contributed by atoms with E-state index in [1.165, 1.54) is 0 Å². The first-order valence-electron chi connectivity index (χ1n) is 6.95. The Kier molecular flexibility index (Phi) is 3.66. The molecule has 2 unspecified atom stereocenters. The van der Waals surface area contributed by atoms with Crippen LogP contribution in [0, 0.1) is 0 Å². The van der Waals surface area contributed by atoms with Gasteiger partial charge >= 0.3 is 0 Å². The van der Waals surface area contributed by atoms with Crippen molar-refractivity contribution in [1.29, 1.82) is 0 Å². The van der Waals surface area contributed by atoms with E-state index < -0.39 is 6.10 Å². The predicted octanol–water partition coefficient (Wildman–Crippen LogP) is 1.97. The first kappa shape index (κ1) is 13.7. The van der Waals surface area contributed by atoms with Gasteiger partial charge in [-0.1, -0.05) is 12.1 Å². The summed E-state index contributed by atoms with van der Waals surface area (Å²) in [6.07, 6.45) is 1.76. The third-order valence-electron chi connectivity index (χ3n) is 3.85. The van der Waals surface area contributed by atoms with Crippen LogP contribution >= 0.6 is 0 Å². The van der Waals surface area contributed by atoms with Gasteiger partial charge in [0.25, 0.3) is 5.91 Å². The fourth-order valence-corrected chi connectivity index (χ4v) is 2.82. The second-order valence-electron chi connectivity index (χ2n) is 5.22. The van der Waals surface area contributed by atoms with Crippen LogP contribution in [0.1, 0.15) is 28.5 Å². The molecule has 1 saturated heterocycles. The molecule has 2 heterocycles. The van der Waals surface area contributed by atoms with Crippen molar-refractivity contribution in [3.05, 3.63) is 53.9 Å². The molecule has 0 bridgehead atoms. The number of H-pyrrole nitrogens is 1. The summed E-state index contributed by atoms with van der Waals surface area (Å²) in [5, 5.41) is 9.97. The number of carbonyl (C=O) groups is 1. The summed E-state index contributed by atoms with van der Waals surface area (Å²) in [6.45, 7) is 0.347. The number of nitrogens with zero attached hydrogens (tertiary/aromatic N) is 1. The second kappa shape index (κ2) is 5.61. The summed E-state index contributed by atoms with van der Waals surface area (Å²) in [7, 11) is 1.62. The number of aromatic nitrogens is 1. The minimum absolute atomic E-state index is 0.0932. The van der Waals surface area contributed by atoms with Crippen LogP contribution in [0.25, 0.3) is 0 Å². The van der Waals surface area contributed by atoms with Crippen molar-refractivity contribution in [3.8, 4) is 5.75 Å². The normalized spacial score (nSPS) is 21.5. The van der Waals surface area contributed by atoms with Crippen LogP contribution in [-0.2, 0) is 0 Å². The standard InChI is InChI=1S/C16H18N2O3/c1-21-13-5-2-4-11(8-13)15-9-12(19)10-18(15)16(20)14-6-3-7-17-14/h2-8,12,15,17,19H,9-10H2,1H3. The summed E-state index contributed by atoms with van der Waals surface area (Å²) in [5.41, 5.74) is 1.52. The molecular weight excluding hydrogens is 268 g/mol. The molecule has 0 spiro atoms. The molecular formula is C16H18N2O3. The smallest absolute Gasteiger partial charge is 0.270 e. The number of β-amino-alcohol motifs (C(OH)–C–C–N with tert-alkyl or cyclic N) is 1. The Hall–Kier alpha value is -2.27. The zero-order valence-electron chi connectivity index (χ0n) is 11.8. The third kappa shape index (κ3) is 2.64. The first-order chi connectivity index (χ1) is 10.2. The monoisotopic (exact) mass is 286 g/mol. The average molecular weight is 286 g/mol. The molecule has 0 aliphatic carbocycles. The van der Waals surface area contributed by atoms with E-state index in [9.17, 15) is 9.90 Å². The van der Waals surface area contributed by atoms with Gasteiger partial charge in [-0.25, -0.2) is 0 Å². The van der Waals surface area contributed by atoms with Crippen molar-refractivity contribution in [2.24, 2.45) is 0 Å². The van der Waals surface area contributed by atoms with Gasteiger partial charge in [0.2, 0.25) is 0 Å². The second-order valence-corrected chi connectivity index (χ2v) is 5.22. The number of hydrogen-bond acceptors (Lipinski definition) is 3. The number of amides is 1. The van der Waals surface area contributed by atoms with E-state index in [-0.39, 0.29) is 11.9 Å². The Balaban J connectivity index is 1.90. The molecule has 2 aromatic rings. The van der Waals surface area contributed by atoms with Crippen molar-refractivity contribution < 1.29 is 14.6 Å². The van der Waals surface area contributed by atoms with Crippen molar-refractivity contribution in [1.82, 2.24) is 9.88 Å². The zero-order chi connectivity index (χ0) is 14.8. The number of nitrogens with one attached hydrogen (secondary N) is 1. The molecule has 2 atom stereocenters. The van der Waals surface area contributed by atoms with E-state index in [0.29, 0.717) is 18.7 Å². The maximum Gasteiger partial charge on any atom is 0.270 e. The predicted molar refractivity (Wildman–Crippen MR) is 78.2 cm³/mol. The number of aliphatic hydroxyl groups is 1. The quantitative estimate of drug-likeness (QED) is 0.906. The highest BCUT2D eigenvalue weighted by Gasteiger charge is 2.36. The number of rotatable bonds is 3. The summed E-state index contributed by atoms with van der Waals surface area (Å²) >= 11 is 0. The lowest BCUT2D eigenvalue weighted by molar-refractivity contribution is 0.0710. The number of aromatic amines is 1. The van der Waals surface area contributed by atoms with Crippen molar-refractivity contribution in [3.63, 3.8) is 0 Å². The highest BCUT2D eigenvalue weighted by molar-refractivity contribution is 5.93. The van der Waals surface area contributed by atoms with Gasteiger partial charge in [0.05, 0.1) is 19.3 Å². The number of hydrogen-bond donors (Lipinski definition) is 2. The fraction of sp³-hybridized carbons (Fsp3) is 0.312. The van der Waals surface area contributed by atoms with Gasteiger partial charge in [-0.3, -0.25) is 4.79 Å². The van der Waals surface area contributed by atoms with Crippen molar-refractivity contribution >= 4 is 5.91 Å². The Bertz CT molecular complexity index is 624. The highest BCUT2D eigenvalue weighted by atomic mass is 16.5. The van der Waals surface area contributed by atoms with Crippen LogP contribution in [0.5, 0.6) is 5.75 Å². The van der Waals surface area contributed by atoms with Gasteiger partial charge in [-0.05, 0) is 36.2 Å². The van der Waals surface area contributed by atoms with Gasteiger partial charge in [-0.2, -0.15) is 0 Å². The van der Waals surface area contributed by atoms with Gasteiger partial charge in [0.1, 0.15) is 11.4 Å². The lowest BCUT2D eigenvalue weighted by Gasteiger charge is -2.24. The molecule has 21 heavy (non-hydrogen) atoms. The molecule has 110 valence electrons. The maximum absolute atomic E-state index is 12.5. The topological polar surface area (TPSA) is 65.6 Å². The Labute approximate surface area is 123 Å². The van der Waals surface area contributed by atoms with Gasteiger partial charge < -0.3 is 19.7 Å². The summed E-state index contributed by atoms with van der Waals surface area (Å²) in [5.74, 6) is 0.658. The fourth-order valence-electron chi connectivity index (χ4n) is 2.82. The third-order valence-corrected chi connectivity index (χ3v) is 3.85. The summed E-state index contributed by atoms with van der Waals surface area (Å²) < 4.78 is 5.24. The zero-order valence-corrected chi connectivity index (χ0v) is 11.8. The molecule has 0 saturated carbocycles.